The molecule has 4 heteroatoms. The van der Waals surface area contributed by atoms with Crippen LogP contribution in [0.15, 0.2) is 72.3 Å². The fourth-order valence-electron chi connectivity index (χ4n) is 5.06. The first-order valence-corrected chi connectivity index (χ1v) is 11.5. The zero-order chi connectivity index (χ0) is 23.1. The molecule has 1 heterocycles. The number of hydrogen-bond donors (Lipinski definition) is 1. The minimum absolute atomic E-state index is 0.108. The summed E-state index contributed by atoms with van der Waals surface area (Å²) in [6, 6.07) is 20.4. The molecule has 1 amide bonds. The molecular weight excluding hydrogens is 410 g/mol. The van der Waals surface area contributed by atoms with Crippen LogP contribution >= 0.6 is 0 Å². The van der Waals surface area contributed by atoms with Gasteiger partial charge < -0.3 is 5.11 Å². The van der Waals surface area contributed by atoms with Crippen LogP contribution in [-0.4, -0.2) is 16.8 Å². The number of Topliss-reactive ketones (excluding diaryl/α,β-unsaturated/α-hetero) is 1. The third-order valence-electron chi connectivity index (χ3n) is 7.02. The summed E-state index contributed by atoms with van der Waals surface area (Å²) in [7, 11) is 0. The topological polar surface area (TPSA) is 57.6 Å². The Labute approximate surface area is 194 Å². The monoisotopic (exact) mass is 437 g/mol. The molecule has 0 aromatic heterocycles. The van der Waals surface area contributed by atoms with E-state index in [0.717, 1.165) is 36.0 Å². The summed E-state index contributed by atoms with van der Waals surface area (Å²) in [5, 5.41) is 11.4. The smallest absolute Gasteiger partial charge is 0.300 e. The molecule has 1 unspecified atom stereocenters. The van der Waals surface area contributed by atoms with Crippen molar-refractivity contribution in [2.45, 2.75) is 45.6 Å². The molecule has 0 radical (unpaired) electrons. The van der Waals surface area contributed by atoms with Gasteiger partial charge in [0.1, 0.15) is 5.76 Å². The maximum atomic E-state index is 13.4. The van der Waals surface area contributed by atoms with Gasteiger partial charge in [-0.2, -0.15) is 0 Å². The second-order valence-electron chi connectivity index (χ2n) is 8.99. The van der Waals surface area contributed by atoms with Crippen molar-refractivity contribution in [3.8, 4) is 0 Å². The van der Waals surface area contributed by atoms with E-state index in [0.29, 0.717) is 11.3 Å². The number of aliphatic hydroxyl groups is 1. The van der Waals surface area contributed by atoms with Gasteiger partial charge in [0.25, 0.3) is 11.7 Å². The zero-order valence-electron chi connectivity index (χ0n) is 19.0. The van der Waals surface area contributed by atoms with Gasteiger partial charge in [0.15, 0.2) is 0 Å². The molecule has 3 aromatic rings. The van der Waals surface area contributed by atoms with E-state index < -0.39 is 17.7 Å². The number of aliphatic hydroxyl groups excluding tert-OH is 1. The van der Waals surface area contributed by atoms with Crippen molar-refractivity contribution in [1.29, 1.82) is 0 Å². The van der Waals surface area contributed by atoms with Gasteiger partial charge in [-0.15, -0.1) is 0 Å². The fourth-order valence-corrected chi connectivity index (χ4v) is 5.06. The third kappa shape index (κ3) is 3.56. The standard InChI is InChI=1S/C29H27NO3/c1-18-9-8-14-24(19(18)2)30-26(21-11-4-3-5-12-21)25(28(32)29(30)33)27(31)23-16-15-20-10-6-7-13-22(20)17-23/h3-5,8-9,11-12,14-17,26,31H,6-7,10,13H2,1-2H3/b27-25-. The van der Waals surface area contributed by atoms with Crippen LogP contribution in [0, 0.1) is 13.8 Å². The van der Waals surface area contributed by atoms with Crippen molar-refractivity contribution >= 4 is 23.1 Å². The Balaban J connectivity index is 1.71. The van der Waals surface area contributed by atoms with E-state index in [4.69, 9.17) is 0 Å². The van der Waals surface area contributed by atoms with Crippen LogP contribution < -0.4 is 4.90 Å². The number of aryl methyl sites for hydroxylation is 3. The second-order valence-corrected chi connectivity index (χ2v) is 8.99. The predicted molar refractivity (Wildman–Crippen MR) is 130 cm³/mol. The van der Waals surface area contributed by atoms with E-state index in [9.17, 15) is 14.7 Å². The average molecular weight is 438 g/mol. The molecule has 1 saturated heterocycles. The van der Waals surface area contributed by atoms with Crippen molar-refractivity contribution in [2.24, 2.45) is 0 Å². The van der Waals surface area contributed by atoms with E-state index in [1.54, 1.807) is 4.90 Å². The van der Waals surface area contributed by atoms with Gasteiger partial charge in [0.05, 0.1) is 11.6 Å². The highest BCUT2D eigenvalue weighted by Crippen LogP contribution is 2.43. The number of ketones is 1. The van der Waals surface area contributed by atoms with Crippen LogP contribution in [0.25, 0.3) is 5.76 Å². The normalized spacial score (nSPS) is 19.6. The molecule has 1 aliphatic carbocycles. The van der Waals surface area contributed by atoms with Gasteiger partial charge in [-0.1, -0.05) is 54.6 Å². The Bertz CT molecular complexity index is 1290. The van der Waals surface area contributed by atoms with Crippen LogP contribution in [-0.2, 0) is 22.4 Å². The highest BCUT2D eigenvalue weighted by molar-refractivity contribution is 6.51. The van der Waals surface area contributed by atoms with Crippen molar-refractivity contribution in [1.82, 2.24) is 0 Å². The van der Waals surface area contributed by atoms with Crippen LogP contribution in [0.1, 0.15) is 52.3 Å². The van der Waals surface area contributed by atoms with Crippen LogP contribution in [0.4, 0.5) is 5.69 Å². The molecule has 1 atom stereocenters. The summed E-state index contributed by atoms with van der Waals surface area (Å²) in [5.41, 5.74) is 6.70. The van der Waals surface area contributed by atoms with Crippen molar-refractivity contribution in [3.05, 3.63) is 106 Å². The number of amides is 1. The number of nitrogens with zero attached hydrogens (tertiary/aromatic N) is 1. The zero-order valence-corrected chi connectivity index (χ0v) is 19.0. The first kappa shape index (κ1) is 21.2. The number of carbonyl (C=O) groups excluding carboxylic acids is 2. The summed E-state index contributed by atoms with van der Waals surface area (Å²) in [6.45, 7) is 3.94. The molecule has 2 aliphatic rings. The molecule has 0 saturated carbocycles. The number of carbonyl (C=O) groups is 2. The van der Waals surface area contributed by atoms with Gasteiger partial charge in [-0.05, 0) is 79.5 Å². The minimum Gasteiger partial charge on any atom is -0.507 e. The number of fused-ring (bicyclic) bond motifs is 1. The number of rotatable bonds is 3. The lowest BCUT2D eigenvalue weighted by molar-refractivity contribution is -0.132. The van der Waals surface area contributed by atoms with E-state index in [1.807, 2.05) is 80.6 Å². The number of anilines is 1. The predicted octanol–water partition coefficient (Wildman–Crippen LogP) is 5.81. The van der Waals surface area contributed by atoms with Crippen LogP contribution in [0.3, 0.4) is 0 Å². The Hall–Kier alpha value is -3.66. The Morgan fingerprint density at radius 2 is 1.61 bits per heavy atom. The summed E-state index contributed by atoms with van der Waals surface area (Å²) in [5.74, 6) is -1.37. The van der Waals surface area contributed by atoms with Gasteiger partial charge >= 0.3 is 0 Å². The molecule has 1 fully saturated rings. The lowest BCUT2D eigenvalue weighted by Gasteiger charge is -2.27. The molecule has 1 N–H and O–H groups in total. The Morgan fingerprint density at radius 3 is 2.36 bits per heavy atom. The lowest BCUT2D eigenvalue weighted by Crippen LogP contribution is -2.30. The summed E-state index contributed by atoms with van der Waals surface area (Å²) >= 11 is 0. The maximum absolute atomic E-state index is 13.4. The van der Waals surface area contributed by atoms with Crippen molar-refractivity contribution in [3.63, 3.8) is 0 Å². The SMILES string of the molecule is Cc1cccc(N2C(=O)C(=O)/C(=C(\O)c3ccc4c(c3)CCCC4)C2c2ccccc2)c1C. The molecule has 4 nitrogen and oxygen atoms in total. The average Bonchev–Trinajstić information content (AvgIpc) is 3.11. The molecule has 1 aliphatic heterocycles. The van der Waals surface area contributed by atoms with E-state index in [-0.39, 0.29) is 11.3 Å². The number of benzene rings is 3. The highest BCUT2D eigenvalue weighted by Gasteiger charge is 2.47. The van der Waals surface area contributed by atoms with E-state index in [1.165, 1.54) is 17.5 Å². The first-order chi connectivity index (χ1) is 16.0. The molecule has 5 rings (SSSR count). The van der Waals surface area contributed by atoms with Gasteiger partial charge in [0.2, 0.25) is 0 Å². The summed E-state index contributed by atoms with van der Waals surface area (Å²) in [4.78, 5) is 28.3. The Morgan fingerprint density at radius 1 is 0.879 bits per heavy atom. The number of hydrogen-bond acceptors (Lipinski definition) is 3. The first-order valence-electron chi connectivity index (χ1n) is 11.5. The fraction of sp³-hybridized carbons (Fsp3) is 0.241. The molecular formula is C29H27NO3. The van der Waals surface area contributed by atoms with Crippen LogP contribution in [0.2, 0.25) is 0 Å². The van der Waals surface area contributed by atoms with Crippen molar-refractivity contribution < 1.29 is 14.7 Å². The molecule has 166 valence electrons. The quantitative estimate of drug-likeness (QED) is 0.320. The molecule has 33 heavy (non-hydrogen) atoms. The largest absolute Gasteiger partial charge is 0.507 e. The molecule has 3 aromatic carbocycles. The highest BCUT2D eigenvalue weighted by atomic mass is 16.3. The minimum atomic E-state index is -0.692. The maximum Gasteiger partial charge on any atom is 0.300 e. The van der Waals surface area contributed by atoms with Crippen LogP contribution in [0.5, 0.6) is 0 Å². The van der Waals surface area contributed by atoms with E-state index >= 15 is 0 Å². The van der Waals surface area contributed by atoms with Gasteiger partial charge in [-0.25, -0.2) is 0 Å². The lowest BCUT2D eigenvalue weighted by atomic mass is 9.88. The summed E-state index contributed by atoms with van der Waals surface area (Å²) < 4.78 is 0. The Kier molecular flexibility index (Phi) is 5.37. The summed E-state index contributed by atoms with van der Waals surface area (Å²) in [6.07, 6.45) is 4.30. The van der Waals surface area contributed by atoms with Gasteiger partial charge in [0, 0.05) is 11.3 Å². The van der Waals surface area contributed by atoms with Gasteiger partial charge in [-0.3, -0.25) is 14.5 Å². The van der Waals surface area contributed by atoms with E-state index in [2.05, 4.69) is 0 Å². The second kappa shape index (κ2) is 8.36. The molecule has 0 spiro atoms. The third-order valence-corrected chi connectivity index (χ3v) is 7.02. The molecule has 0 bridgehead atoms. The van der Waals surface area contributed by atoms with Crippen molar-refractivity contribution in [2.75, 3.05) is 4.90 Å².